The summed E-state index contributed by atoms with van der Waals surface area (Å²) in [7, 11) is 7.98. The number of hydrogen-bond donors (Lipinski definition) is 1. The van der Waals surface area contributed by atoms with Crippen LogP contribution in [0.5, 0.6) is 0 Å². The molecular formula is C11H18N2. The zero-order chi connectivity index (χ0) is 9.68. The first-order chi connectivity index (χ1) is 6.25. The van der Waals surface area contributed by atoms with Gasteiger partial charge in [0.25, 0.3) is 0 Å². The zero-order valence-corrected chi connectivity index (χ0v) is 8.40. The van der Waals surface area contributed by atoms with Gasteiger partial charge in [-0.2, -0.15) is 7.05 Å². The zero-order valence-electron chi connectivity index (χ0n) is 8.40. The van der Waals surface area contributed by atoms with Gasteiger partial charge >= 0.3 is 0 Å². The van der Waals surface area contributed by atoms with Crippen LogP contribution in [0.4, 0.5) is 0 Å². The first-order valence-electron chi connectivity index (χ1n) is 4.58. The van der Waals surface area contributed by atoms with Crippen LogP contribution >= 0.6 is 0 Å². The van der Waals surface area contributed by atoms with Gasteiger partial charge in [0.2, 0.25) is 0 Å². The van der Waals surface area contributed by atoms with E-state index >= 15 is 0 Å². The minimum absolute atomic E-state index is 0.457. The van der Waals surface area contributed by atoms with Crippen molar-refractivity contribution in [1.29, 1.82) is 0 Å². The maximum Gasteiger partial charge on any atom is 0.0817 e. The van der Waals surface area contributed by atoms with Crippen LogP contribution in [0.25, 0.3) is 0 Å². The minimum Gasteiger partial charge on any atom is -0.477 e. The van der Waals surface area contributed by atoms with Crippen molar-refractivity contribution in [1.82, 2.24) is 4.90 Å². The lowest BCUT2D eigenvalue weighted by atomic mass is 10.1. The van der Waals surface area contributed by atoms with E-state index in [4.69, 9.17) is 0 Å². The molecule has 1 aromatic rings. The fourth-order valence-corrected chi connectivity index (χ4v) is 1.48. The third kappa shape index (κ3) is 2.83. The van der Waals surface area contributed by atoms with Crippen molar-refractivity contribution in [2.45, 2.75) is 6.04 Å². The maximum absolute atomic E-state index is 3.78. The molecule has 0 radical (unpaired) electrons. The van der Waals surface area contributed by atoms with E-state index in [1.165, 1.54) is 5.56 Å². The van der Waals surface area contributed by atoms with Gasteiger partial charge < -0.3 is 5.32 Å². The van der Waals surface area contributed by atoms with Crippen LogP contribution in [0.15, 0.2) is 30.3 Å². The summed E-state index contributed by atoms with van der Waals surface area (Å²) in [5, 5.41) is 1.97. The van der Waals surface area contributed by atoms with Crippen molar-refractivity contribution in [2.75, 3.05) is 20.6 Å². The number of nitrogens with zero attached hydrogens (tertiary/aromatic N) is 1. The van der Waals surface area contributed by atoms with E-state index < -0.39 is 0 Å². The van der Waals surface area contributed by atoms with Crippen LogP contribution in [-0.4, -0.2) is 25.5 Å². The molecule has 0 aliphatic heterocycles. The van der Waals surface area contributed by atoms with Gasteiger partial charge in [-0.15, -0.1) is 0 Å². The Kier molecular flexibility index (Phi) is 3.93. The van der Waals surface area contributed by atoms with E-state index in [-0.39, 0.29) is 0 Å². The van der Waals surface area contributed by atoms with E-state index in [2.05, 4.69) is 50.3 Å². The summed E-state index contributed by atoms with van der Waals surface area (Å²) in [6, 6.07) is 11.0. The molecule has 0 aliphatic rings. The lowest BCUT2D eigenvalue weighted by Crippen LogP contribution is -2.78. The van der Waals surface area contributed by atoms with Crippen LogP contribution in [0.2, 0.25) is 0 Å². The quantitative estimate of drug-likeness (QED) is 0.671. The molecule has 1 rings (SSSR count). The number of likely N-dealkylation sites (N-methyl/N-ethyl adjacent to an activating group) is 1. The highest BCUT2D eigenvalue weighted by molar-refractivity contribution is 5.18. The normalized spacial score (nSPS) is 13.2. The summed E-state index contributed by atoms with van der Waals surface area (Å²) in [5.74, 6) is 0. The third-order valence-corrected chi connectivity index (χ3v) is 2.20. The molecule has 13 heavy (non-hydrogen) atoms. The Morgan fingerprint density at radius 1 is 1.31 bits per heavy atom. The molecule has 2 nitrogen and oxygen atoms in total. The van der Waals surface area contributed by atoms with Gasteiger partial charge in [0.05, 0.1) is 12.6 Å². The van der Waals surface area contributed by atoms with E-state index in [0.29, 0.717) is 6.04 Å². The van der Waals surface area contributed by atoms with Crippen LogP contribution in [0, 0.1) is 7.05 Å². The first kappa shape index (κ1) is 10.2. The molecule has 0 saturated heterocycles. The second-order valence-corrected chi connectivity index (χ2v) is 3.41. The van der Waals surface area contributed by atoms with Crippen molar-refractivity contribution in [3.05, 3.63) is 42.9 Å². The molecule has 2 N–H and O–H groups in total. The smallest absolute Gasteiger partial charge is 0.0817 e. The van der Waals surface area contributed by atoms with Crippen LogP contribution < -0.4 is 5.32 Å². The number of benzene rings is 1. The Balaban J connectivity index is 2.76. The highest BCUT2D eigenvalue weighted by atomic mass is 15.1. The van der Waals surface area contributed by atoms with Gasteiger partial charge in [-0.25, -0.2) is 0 Å². The first-order valence-corrected chi connectivity index (χ1v) is 4.58. The second-order valence-electron chi connectivity index (χ2n) is 3.41. The monoisotopic (exact) mass is 178 g/mol. The molecule has 0 amide bonds. The number of hydrogen-bond acceptors (Lipinski definition) is 1. The molecule has 0 aliphatic carbocycles. The van der Waals surface area contributed by atoms with Crippen molar-refractivity contribution in [3.63, 3.8) is 0 Å². The Hall–Kier alpha value is -0.860. The maximum atomic E-state index is 3.78. The molecule has 0 saturated carbocycles. The summed E-state index contributed by atoms with van der Waals surface area (Å²) >= 11 is 0. The Bertz CT molecular complexity index is 231. The largest absolute Gasteiger partial charge is 0.477 e. The molecule has 0 fully saturated rings. The van der Waals surface area contributed by atoms with Crippen LogP contribution in [-0.2, 0) is 0 Å². The molecule has 0 bridgehead atoms. The molecule has 1 aromatic carbocycles. The van der Waals surface area contributed by atoms with Crippen molar-refractivity contribution >= 4 is 0 Å². The fourth-order valence-electron chi connectivity index (χ4n) is 1.48. The van der Waals surface area contributed by atoms with Crippen molar-refractivity contribution in [3.8, 4) is 0 Å². The van der Waals surface area contributed by atoms with Crippen LogP contribution in [0.3, 0.4) is 0 Å². The van der Waals surface area contributed by atoms with E-state index in [0.717, 1.165) is 6.54 Å². The Morgan fingerprint density at radius 2 is 1.92 bits per heavy atom. The minimum atomic E-state index is 0.457. The SMILES string of the molecule is [CH2-][NH2+]CC(c1ccccc1)N(C)C. The number of quaternary nitrogens is 1. The van der Waals surface area contributed by atoms with Gasteiger partial charge in [-0.05, 0) is 19.7 Å². The van der Waals surface area contributed by atoms with Gasteiger partial charge in [-0.3, -0.25) is 4.90 Å². The number of rotatable bonds is 4. The Morgan fingerprint density at radius 3 is 2.38 bits per heavy atom. The van der Waals surface area contributed by atoms with Gasteiger partial charge in [0, 0.05) is 0 Å². The Labute approximate surface area is 80.6 Å². The van der Waals surface area contributed by atoms with Gasteiger partial charge in [0.1, 0.15) is 0 Å². The fraction of sp³-hybridized carbons (Fsp3) is 0.364. The predicted octanol–water partition coefficient (Wildman–Crippen LogP) is 0.644. The molecule has 72 valence electrons. The molecule has 1 unspecified atom stereocenters. The van der Waals surface area contributed by atoms with Gasteiger partial charge in [-0.1, -0.05) is 30.3 Å². The van der Waals surface area contributed by atoms with E-state index in [1.807, 2.05) is 11.4 Å². The lowest BCUT2D eigenvalue weighted by molar-refractivity contribution is -0.601. The molecule has 0 aromatic heterocycles. The van der Waals surface area contributed by atoms with Crippen LogP contribution in [0.1, 0.15) is 11.6 Å². The molecule has 1 atom stereocenters. The summed E-state index contributed by atoms with van der Waals surface area (Å²) in [6.45, 7) is 0.997. The van der Waals surface area contributed by atoms with E-state index in [9.17, 15) is 0 Å². The van der Waals surface area contributed by atoms with Crippen molar-refractivity contribution in [2.24, 2.45) is 0 Å². The molecule has 2 heteroatoms. The third-order valence-electron chi connectivity index (χ3n) is 2.20. The molecule has 0 heterocycles. The lowest BCUT2D eigenvalue weighted by Gasteiger charge is -2.23. The second kappa shape index (κ2) is 5.00. The number of nitrogens with two attached hydrogens (primary N) is 1. The highest BCUT2D eigenvalue weighted by Gasteiger charge is 2.12. The average molecular weight is 178 g/mol. The topological polar surface area (TPSA) is 19.9 Å². The summed E-state index contributed by atoms with van der Waals surface area (Å²) in [4.78, 5) is 2.22. The van der Waals surface area contributed by atoms with Gasteiger partial charge in [0.15, 0.2) is 0 Å². The average Bonchev–Trinajstić information content (AvgIpc) is 2.15. The summed E-state index contributed by atoms with van der Waals surface area (Å²) < 4.78 is 0. The predicted molar refractivity (Wildman–Crippen MR) is 55.0 cm³/mol. The van der Waals surface area contributed by atoms with Crippen molar-refractivity contribution < 1.29 is 5.32 Å². The standard InChI is InChI=1S/C11H18N2/c1-12-9-11(13(2)3)10-7-5-4-6-8-10/h4-8,11H,1,9,12H2,2-3H3. The summed E-state index contributed by atoms with van der Waals surface area (Å²) in [6.07, 6.45) is 0. The molecule has 0 spiro atoms. The summed E-state index contributed by atoms with van der Waals surface area (Å²) in [5.41, 5.74) is 1.35. The molecular weight excluding hydrogens is 160 g/mol. The highest BCUT2D eigenvalue weighted by Crippen LogP contribution is 2.15. The van der Waals surface area contributed by atoms with E-state index in [1.54, 1.807) is 0 Å².